The van der Waals surface area contributed by atoms with Crippen molar-refractivity contribution in [2.24, 2.45) is 0 Å². The van der Waals surface area contributed by atoms with Crippen molar-refractivity contribution < 1.29 is 14.7 Å². The minimum Gasteiger partial charge on any atom is -0.480 e. The summed E-state index contributed by atoms with van der Waals surface area (Å²) in [6.45, 7) is 3.46. The molecule has 0 aliphatic carbocycles. The van der Waals surface area contributed by atoms with Gasteiger partial charge in [0.25, 0.3) is 5.91 Å². The van der Waals surface area contributed by atoms with Crippen LogP contribution in [0.4, 0.5) is 0 Å². The summed E-state index contributed by atoms with van der Waals surface area (Å²) in [6, 6.07) is 5.22. The van der Waals surface area contributed by atoms with Gasteiger partial charge in [-0.2, -0.15) is 5.10 Å². The van der Waals surface area contributed by atoms with Gasteiger partial charge in [-0.15, -0.1) is 0 Å². The zero-order valence-corrected chi connectivity index (χ0v) is 12.1. The Hall–Kier alpha value is -2.70. The molecule has 110 valence electrons. The fourth-order valence-corrected chi connectivity index (χ4v) is 1.99. The van der Waals surface area contributed by atoms with E-state index in [1.807, 2.05) is 19.9 Å². The number of likely N-dealkylation sites (N-methyl/N-ethyl adjacent to an activating group) is 1. The van der Waals surface area contributed by atoms with Crippen LogP contribution in [-0.4, -0.2) is 50.2 Å². The molecule has 0 spiro atoms. The van der Waals surface area contributed by atoms with Crippen LogP contribution in [0.3, 0.4) is 0 Å². The molecule has 0 radical (unpaired) electrons. The van der Waals surface area contributed by atoms with Gasteiger partial charge in [0.15, 0.2) is 5.82 Å². The summed E-state index contributed by atoms with van der Waals surface area (Å²) < 4.78 is 1.69. The molecule has 2 rings (SSSR count). The molecule has 0 bridgehead atoms. The Bertz CT molecular complexity index is 676. The SMILES string of the molecule is Cc1cc(C)n(-c2ccc(C(=O)N(C)CC(=O)O)cn2)n1. The van der Waals surface area contributed by atoms with E-state index < -0.39 is 5.97 Å². The minimum atomic E-state index is -1.06. The van der Waals surface area contributed by atoms with E-state index in [9.17, 15) is 9.59 Å². The maximum absolute atomic E-state index is 12.0. The van der Waals surface area contributed by atoms with E-state index >= 15 is 0 Å². The summed E-state index contributed by atoms with van der Waals surface area (Å²) in [7, 11) is 1.44. The first-order valence-electron chi connectivity index (χ1n) is 6.35. The Balaban J connectivity index is 2.21. The van der Waals surface area contributed by atoms with Gasteiger partial charge in [-0.1, -0.05) is 0 Å². The van der Waals surface area contributed by atoms with Gasteiger partial charge in [0.1, 0.15) is 6.54 Å². The van der Waals surface area contributed by atoms with Gasteiger partial charge >= 0.3 is 5.97 Å². The number of aryl methyl sites for hydroxylation is 2. The lowest BCUT2D eigenvalue weighted by atomic mass is 10.2. The van der Waals surface area contributed by atoms with Crippen molar-refractivity contribution in [2.45, 2.75) is 13.8 Å². The zero-order chi connectivity index (χ0) is 15.6. The molecule has 0 aromatic carbocycles. The highest BCUT2D eigenvalue weighted by molar-refractivity contribution is 5.95. The molecule has 0 atom stereocenters. The second-order valence-electron chi connectivity index (χ2n) is 4.80. The van der Waals surface area contributed by atoms with Crippen LogP contribution in [0, 0.1) is 13.8 Å². The average Bonchev–Trinajstić information content (AvgIpc) is 2.76. The fraction of sp³-hybridized carbons (Fsp3) is 0.286. The van der Waals surface area contributed by atoms with Gasteiger partial charge < -0.3 is 10.0 Å². The molecule has 2 heterocycles. The minimum absolute atomic E-state index is 0.337. The number of aromatic nitrogens is 3. The number of carboxylic acids is 1. The predicted octanol–water partition coefficient (Wildman–Crippen LogP) is 1.04. The zero-order valence-electron chi connectivity index (χ0n) is 12.1. The van der Waals surface area contributed by atoms with Crippen LogP contribution < -0.4 is 0 Å². The molecule has 2 aromatic rings. The molecule has 2 aromatic heterocycles. The normalized spacial score (nSPS) is 10.4. The molecule has 0 saturated heterocycles. The van der Waals surface area contributed by atoms with Crippen molar-refractivity contribution in [3.63, 3.8) is 0 Å². The summed E-state index contributed by atoms with van der Waals surface area (Å²) in [5.74, 6) is -0.832. The predicted molar refractivity (Wildman–Crippen MR) is 75.4 cm³/mol. The molecule has 7 nitrogen and oxygen atoms in total. The largest absolute Gasteiger partial charge is 0.480 e. The van der Waals surface area contributed by atoms with Crippen molar-refractivity contribution in [1.82, 2.24) is 19.7 Å². The number of carbonyl (C=O) groups excluding carboxylic acids is 1. The summed E-state index contributed by atoms with van der Waals surface area (Å²) in [5, 5.41) is 13.0. The van der Waals surface area contributed by atoms with Gasteiger partial charge in [-0.25, -0.2) is 9.67 Å². The first kappa shape index (κ1) is 14.7. The topological polar surface area (TPSA) is 88.3 Å². The first-order valence-corrected chi connectivity index (χ1v) is 6.35. The van der Waals surface area contributed by atoms with Gasteiger partial charge in [-0.05, 0) is 32.0 Å². The smallest absolute Gasteiger partial charge is 0.323 e. The first-order chi connectivity index (χ1) is 9.88. The van der Waals surface area contributed by atoms with Crippen LogP contribution in [-0.2, 0) is 4.79 Å². The molecule has 0 fully saturated rings. The molecule has 0 aliphatic heterocycles. The van der Waals surface area contributed by atoms with E-state index in [1.165, 1.54) is 13.2 Å². The summed E-state index contributed by atoms with van der Waals surface area (Å²) >= 11 is 0. The molecule has 0 saturated carbocycles. The molecule has 0 aliphatic rings. The lowest BCUT2D eigenvalue weighted by molar-refractivity contribution is -0.137. The maximum atomic E-state index is 12.0. The number of nitrogens with zero attached hydrogens (tertiary/aromatic N) is 4. The average molecular weight is 288 g/mol. The number of amides is 1. The third-order valence-electron chi connectivity index (χ3n) is 2.94. The maximum Gasteiger partial charge on any atom is 0.323 e. The number of carboxylic acid groups (broad SMARTS) is 1. The van der Waals surface area contributed by atoms with E-state index in [4.69, 9.17) is 5.11 Å². The Morgan fingerprint density at radius 1 is 1.33 bits per heavy atom. The molecule has 7 heteroatoms. The lowest BCUT2D eigenvalue weighted by Crippen LogP contribution is -2.32. The second kappa shape index (κ2) is 5.74. The molecule has 1 N–H and O–H groups in total. The highest BCUT2D eigenvalue weighted by atomic mass is 16.4. The Kier molecular flexibility index (Phi) is 4.02. The summed E-state index contributed by atoms with van der Waals surface area (Å²) in [6.07, 6.45) is 1.42. The fourth-order valence-electron chi connectivity index (χ4n) is 1.99. The van der Waals surface area contributed by atoms with Crippen LogP contribution >= 0.6 is 0 Å². The quantitative estimate of drug-likeness (QED) is 0.908. The van der Waals surface area contributed by atoms with Crippen molar-refractivity contribution in [1.29, 1.82) is 0 Å². The summed E-state index contributed by atoms with van der Waals surface area (Å²) in [4.78, 5) is 27.9. The Labute approximate surface area is 121 Å². The van der Waals surface area contributed by atoms with Gasteiger partial charge in [0, 0.05) is 18.9 Å². The molecule has 1 amide bonds. The van der Waals surface area contributed by atoms with Crippen molar-refractivity contribution >= 4 is 11.9 Å². The number of pyridine rings is 1. The van der Waals surface area contributed by atoms with Crippen molar-refractivity contribution in [3.05, 3.63) is 41.3 Å². The van der Waals surface area contributed by atoms with E-state index in [-0.39, 0.29) is 12.5 Å². The number of rotatable bonds is 4. The third kappa shape index (κ3) is 3.25. The third-order valence-corrected chi connectivity index (χ3v) is 2.94. The van der Waals surface area contributed by atoms with E-state index in [2.05, 4.69) is 10.1 Å². The van der Waals surface area contributed by atoms with Gasteiger partial charge in [-0.3, -0.25) is 9.59 Å². The number of hydrogen-bond donors (Lipinski definition) is 1. The highest BCUT2D eigenvalue weighted by Crippen LogP contribution is 2.11. The number of carbonyl (C=O) groups is 2. The monoisotopic (exact) mass is 288 g/mol. The van der Waals surface area contributed by atoms with Gasteiger partial charge in [0.05, 0.1) is 11.3 Å². The van der Waals surface area contributed by atoms with Crippen LogP contribution in [0.15, 0.2) is 24.4 Å². The van der Waals surface area contributed by atoms with Crippen LogP contribution in [0.25, 0.3) is 5.82 Å². The van der Waals surface area contributed by atoms with Crippen LogP contribution in [0.1, 0.15) is 21.7 Å². The van der Waals surface area contributed by atoms with E-state index in [0.717, 1.165) is 16.3 Å². The lowest BCUT2D eigenvalue weighted by Gasteiger charge is -2.14. The number of aliphatic carboxylic acids is 1. The molecule has 0 unspecified atom stereocenters. The standard InChI is InChI=1S/C14H16N4O3/c1-9-6-10(2)18(16-9)12-5-4-11(7-15-12)14(21)17(3)8-13(19)20/h4-7H,8H2,1-3H3,(H,19,20). The highest BCUT2D eigenvalue weighted by Gasteiger charge is 2.15. The van der Waals surface area contributed by atoms with Crippen molar-refractivity contribution in [3.8, 4) is 5.82 Å². The van der Waals surface area contributed by atoms with E-state index in [0.29, 0.717) is 11.4 Å². The van der Waals surface area contributed by atoms with Gasteiger partial charge in [0.2, 0.25) is 0 Å². The van der Waals surface area contributed by atoms with Crippen LogP contribution in [0.2, 0.25) is 0 Å². The molecule has 21 heavy (non-hydrogen) atoms. The molecular formula is C14H16N4O3. The Morgan fingerprint density at radius 3 is 2.52 bits per heavy atom. The molecular weight excluding hydrogens is 272 g/mol. The summed E-state index contributed by atoms with van der Waals surface area (Å²) in [5.41, 5.74) is 2.17. The van der Waals surface area contributed by atoms with E-state index in [1.54, 1.807) is 16.8 Å². The van der Waals surface area contributed by atoms with Crippen molar-refractivity contribution in [2.75, 3.05) is 13.6 Å². The Morgan fingerprint density at radius 2 is 2.05 bits per heavy atom. The van der Waals surface area contributed by atoms with Crippen LogP contribution in [0.5, 0.6) is 0 Å². The number of hydrogen-bond acceptors (Lipinski definition) is 4. The second-order valence-corrected chi connectivity index (χ2v) is 4.80.